The highest BCUT2D eigenvalue weighted by Crippen LogP contribution is 2.41. The molecular weight excluding hydrogens is 803 g/mol. The first-order valence-electron chi connectivity index (χ1n) is 18.4. The number of carboxylic acid groups (broad SMARTS) is 1. The first kappa shape index (κ1) is 42.8. The Morgan fingerprint density at radius 3 is 1.76 bits per heavy atom. The van der Waals surface area contributed by atoms with Crippen molar-refractivity contribution in [3.63, 3.8) is 0 Å². The van der Waals surface area contributed by atoms with Gasteiger partial charge in [0.15, 0.2) is 6.04 Å². The molecule has 2 saturated heterocycles. The summed E-state index contributed by atoms with van der Waals surface area (Å²) in [5.74, 6) is -7.16. The molecule has 9 nitrogen and oxygen atoms in total. The SMILES string of the molecule is NC1CC2CCC(C1)N2C(=O)C(NS(=O)(=O)c1ccc2cc(OC3CCCC3)ccc2c1)C(F)(F)c1ccc(-c2ccc(C(F)(F)F)cc2)cc1.O=C(O)C(F)(F)F. The third-order valence-electron chi connectivity index (χ3n) is 10.7. The molecule has 3 fully saturated rings. The van der Waals surface area contributed by atoms with E-state index in [1.54, 1.807) is 18.2 Å². The molecule has 0 spiro atoms. The van der Waals surface area contributed by atoms with Gasteiger partial charge in [-0.25, -0.2) is 13.2 Å². The highest BCUT2D eigenvalue weighted by molar-refractivity contribution is 7.89. The van der Waals surface area contributed by atoms with Crippen molar-refractivity contribution in [2.45, 2.75) is 105 Å². The van der Waals surface area contributed by atoms with Crippen LogP contribution < -0.4 is 15.2 Å². The van der Waals surface area contributed by atoms with Gasteiger partial charge in [0.1, 0.15) is 5.75 Å². The lowest BCUT2D eigenvalue weighted by atomic mass is 9.94. The number of nitrogens with one attached hydrogen (secondary N) is 1. The summed E-state index contributed by atoms with van der Waals surface area (Å²) >= 11 is 0. The van der Waals surface area contributed by atoms with Gasteiger partial charge in [-0.15, -0.1) is 0 Å². The Hall–Kier alpha value is -4.81. The monoisotopic (exact) mass is 841 g/mol. The van der Waals surface area contributed by atoms with E-state index in [0.717, 1.165) is 49.9 Å². The number of benzene rings is 4. The van der Waals surface area contributed by atoms with Crippen LogP contribution in [0.2, 0.25) is 0 Å². The number of nitrogens with zero attached hydrogens (tertiary/aromatic N) is 1. The van der Waals surface area contributed by atoms with E-state index in [1.807, 2.05) is 6.07 Å². The van der Waals surface area contributed by atoms with Crippen LogP contribution in [0.25, 0.3) is 21.9 Å². The standard InChI is InChI=1S/C38H38F5N3O4S.C2HF3O2/c39-37(40,27-11-5-23(6-12-27)24-7-13-28(14-8-24)38(41,42)43)35(36(47)46-30-15-16-31(46)22-29(44)21-30)45-51(48,49)34-18-10-25-19-33(17-9-26(25)20-34)50-32-3-1-2-4-32;3-2(4,5)1(6)7/h5-14,17-20,29-32,35,45H,1-4,15-16,21-22,44H2;(H,6,7). The predicted molar refractivity (Wildman–Crippen MR) is 196 cm³/mol. The van der Waals surface area contributed by atoms with E-state index in [9.17, 15) is 39.6 Å². The Morgan fingerprint density at radius 1 is 0.741 bits per heavy atom. The number of carboxylic acids is 1. The molecule has 18 heteroatoms. The van der Waals surface area contributed by atoms with Crippen LogP contribution in [0.15, 0.2) is 89.8 Å². The molecule has 3 aliphatic rings. The van der Waals surface area contributed by atoms with Gasteiger partial charge >= 0.3 is 18.3 Å². The summed E-state index contributed by atoms with van der Waals surface area (Å²) < 4.78 is 140. The molecule has 1 saturated carbocycles. The lowest BCUT2D eigenvalue weighted by molar-refractivity contribution is -0.192. The molecule has 4 aromatic rings. The number of aliphatic carboxylic acids is 1. The predicted octanol–water partition coefficient (Wildman–Crippen LogP) is 8.40. The fourth-order valence-corrected chi connectivity index (χ4v) is 9.00. The van der Waals surface area contributed by atoms with E-state index in [4.69, 9.17) is 20.4 Å². The third-order valence-corrected chi connectivity index (χ3v) is 12.1. The van der Waals surface area contributed by atoms with Gasteiger partial charge in [0.2, 0.25) is 15.9 Å². The number of amides is 1. The number of halogens is 8. The first-order valence-corrected chi connectivity index (χ1v) is 19.9. The molecule has 4 aromatic carbocycles. The van der Waals surface area contributed by atoms with Crippen molar-refractivity contribution < 1.29 is 63.0 Å². The first-order chi connectivity index (χ1) is 27.1. The van der Waals surface area contributed by atoms with Crippen LogP contribution in [0.1, 0.15) is 62.5 Å². The highest BCUT2D eigenvalue weighted by atomic mass is 32.2. The van der Waals surface area contributed by atoms with Crippen molar-refractivity contribution in [3.8, 4) is 16.9 Å². The molecule has 2 aliphatic heterocycles. The summed E-state index contributed by atoms with van der Waals surface area (Å²) in [6.45, 7) is 0. The van der Waals surface area contributed by atoms with Crippen LogP contribution in [-0.4, -0.2) is 66.7 Å². The van der Waals surface area contributed by atoms with Gasteiger partial charge in [0.25, 0.3) is 5.92 Å². The number of alkyl halides is 8. The van der Waals surface area contributed by atoms with Crippen LogP contribution in [0.4, 0.5) is 35.1 Å². The number of nitrogens with two attached hydrogens (primary N) is 1. The molecule has 2 bridgehead atoms. The Morgan fingerprint density at radius 2 is 1.24 bits per heavy atom. The zero-order valence-corrected chi connectivity index (χ0v) is 31.4. The third kappa shape index (κ3) is 9.55. The number of sulfonamides is 1. The molecule has 1 amide bonds. The average Bonchev–Trinajstić information content (AvgIpc) is 3.78. The lowest BCUT2D eigenvalue weighted by Gasteiger charge is -2.41. The molecule has 58 heavy (non-hydrogen) atoms. The van der Waals surface area contributed by atoms with E-state index in [0.29, 0.717) is 53.3 Å². The van der Waals surface area contributed by atoms with Crippen LogP contribution >= 0.6 is 0 Å². The summed E-state index contributed by atoms with van der Waals surface area (Å²) in [6, 6.07) is 15.1. The van der Waals surface area contributed by atoms with Crippen LogP contribution in [0.3, 0.4) is 0 Å². The molecule has 4 N–H and O–H groups in total. The van der Waals surface area contributed by atoms with E-state index in [1.165, 1.54) is 41.3 Å². The maximum absolute atomic E-state index is 16.7. The Labute approximate surface area is 328 Å². The van der Waals surface area contributed by atoms with E-state index < -0.39 is 69.4 Å². The van der Waals surface area contributed by atoms with Gasteiger partial charge in [-0.05, 0) is 110 Å². The maximum Gasteiger partial charge on any atom is 0.490 e. The smallest absolute Gasteiger partial charge is 0.490 e. The quantitative estimate of drug-likeness (QED) is 0.144. The van der Waals surface area contributed by atoms with Gasteiger partial charge in [0.05, 0.1) is 16.6 Å². The van der Waals surface area contributed by atoms with Crippen molar-refractivity contribution in [3.05, 3.63) is 96.1 Å². The molecule has 3 unspecified atom stereocenters. The summed E-state index contributed by atoms with van der Waals surface area (Å²) in [7, 11) is -4.67. The van der Waals surface area contributed by atoms with Crippen molar-refractivity contribution in [1.82, 2.24) is 9.62 Å². The molecule has 1 aliphatic carbocycles. The second-order valence-electron chi connectivity index (χ2n) is 14.7. The fraction of sp³-hybridized carbons (Fsp3) is 0.400. The topological polar surface area (TPSA) is 139 Å². The Balaban J connectivity index is 0.000000743. The molecule has 0 radical (unpaired) electrons. The van der Waals surface area contributed by atoms with Crippen molar-refractivity contribution >= 4 is 32.7 Å². The average molecular weight is 842 g/mol. The lowest BCUT2D eigenvalue weighted by Crippen LogP contribution is -2.60. The summed E-state index contributed by atoms with van der Waals surface area (Å²) in [6.07, 6.45) is -3.32. The van der Waals surface area contributed by atoms with Gasteiger partial charge < -0.3 is 20.5 Å². The minimum absolute atomic E-state index is 0.134. The molecule has 2 heterocycles. The Bertz CT molecular complexity index is 2210. The van der Waals surface area contributed by atoms with Crippen molar-refractivity contribution in [2.75, 3.05) is 0 Å². The number of piperidine rings is 1. The second-order valence-corrected chi connectivity index (χ2v) is 16.4. The Kier molecular flexibility index (Phi) is 12.1. The number of carbonyl (C=O) groups is 2. The zero-order valence-electron chi connectivity index (χ0n) is 30.6. The number of carbonyl (C=O) groups excluding carboxylic acids is 1. The van der Waals surface area contributed by atoms with Crippen LogP contribution in [0, 0.1) is 0 Å². The number of hydrogen-bond donors (Lipinski definition) is 3. The molecule has 3 atom stereocenters. The van der Waals surface area contributed by atoms with Crippen molar-refractivity contribution in [1.29, 1.82) is 0 Å². The molecular formula is C40H39F8N3O6S. The summed E-state index contributed by atoms with van der Waals surface area (Å²) in [5, 5.41) is 8.38. The van der Waals surface area contributed by atoms with Crippen molar-refractivity contribution in [2.24, 2.45) is 5.73 Å². The summed E-state index contributed by atoms with van der Waals surface area (Å²) in [5.41, 5.74) is 5.42. The minimum atomic E-state index is -5.08. The molecule has 312 valence electrons. The normalized spacial score (nSPS) is 20.7. The van der Waals surface area contributed by atoms with Gasteiger partial charge in [-0.2, -0.15) is 39.8 Å². The number of ether oxygens (including phenoxy) is 1. The maximum atomic E-state index is 16.7. The van der Waals surface area contributed by atoms with Crippen LogP contribution in [-0.2, 0) is 31.7 Å². The number of fused-ring (bicyclic) bond motifs is 3. The number of hydrogen-bond acceptors (Lipinski definition) is 6. The number of rotatable bonds is 9. The van der Waals surface area contributed by atoms with Gasteiger partial charge in [0, 0.05) is 23.7 Å². The van der Waals surface area contributed by atoms with Crippen LogP contribution in [0.5, 0.6) is 5.75 Å². The largest absolute Gasteiger partial charge is 0.490 e. The van der Waals surface area contributed by atoms with E-state index in [2.05, 4.69) is 4.72 Å². The van der Waals surface area contributed by atoms with Gasteiger partial charge in [-0.3, -0.25) is 4.79 Å². The molecule has 0 aromatic heterocycles. The zero-order chi connectivity index (χ0) is 42.2. The van der Waals surface area contributed by atoms with E-state index >= 15 is 8.78 Å². The van der Waals surface area contributed by atoms with Gasteiger partial charge in [-0.1, -0.05) is 48.5 Å². The second kappa shape index (κ2) is 16.4. The summed E-state index contributed by atoms with van der Waals surface area (Å²) in [4.78, 5) is 24.2. The fourth-order valence-electron chi connectivity index (χ4n) is 7.77. The minimum Gasteiger partial charge on any atom is -0.490 e. The molecule has 7 rings (SSSR count). The highest BCUT2D eigenvalue weighted by Gasteiger charge is 2.53. The van der Waals surface area contributed by atoms with E-state index in [-0.39, 0.29) is 17.0 Å².